The summed E-state index contributed by atoms with van der Waals surface area (Å²) in [7, 11) is 0. The fourth-order valence-electron chi connectivity index (χ4n) is 7.64. The van der Waals surface area contributed by atoms with Crippen molar-refractivity contribution >= 4 is 18.2 Å². The Morgan fingerprint density at radius 2 is 1.72 bits per heavy atom. The second-order valence-electron chi connectivity index (χ2n) is 12.4. The Morgan fingerprint density at radius 3 is 2.36 bits per heavy atom. The highest BCUT2D eigenvalue weighted by Crippen LogP contribution is 2.41. The van der Waals surface area contributed by atoms with Crippen molar-refractivity contribution < 1.29 is 19.5 Å². The molecule has 2 amide bonds. The molecule has 4 fully saturated rings. The topological polar surface area (TPSA) is 85.7 Å². The Hall–Kier alpha value is -2.61. The lowest BCUT2D eigenvalue weighted by atomic mass is 9.75. The van der Waals surface area contributed by atoms with Gasteiger partial charge in [0.1, 0.15) is 5.60 Å². The standard InChI is InChI=1S/C31H46N4O4/c1-23-7-6-8-24(2)28(23)29(36)34-17-12-27(13-18-34)33-19-14-31(15-20-33)26(11-16-32-38)22-35(30(37)39-31)21-25-9-4-3-5-10-25/h6-8,16,25-27,38H,3-5,9-15,17-22H2,1-2H3. The number of hydrogen-bond acceptors (Lipinski definition) is 6. The van der Waals surface area contributed by atoms with Crippen molar-refractivity contribution in [3.05, 3.63) is 34.9 Å². The summed E-state index contributed by atoms with van der Waals surface area (Å²) in [5.41, 5.74) is 2.45. The van der Waals surface area contributed by atoms with Crippen LogP contribution in [-0.2, 0) is 4.74 Å². The number of carbonyl (C=O) groups excluding carboxylic acids is 2. The van der Waals surface area contributed by atoms with Gasteiger partial charge in [0.05, 0.1) is 0 Å². The van der Waals surface area contributed by atoms with Crippen molar-refractivity contribution in [3.8, 4) is 0 Å². The highest BCUT2D eigenvalue weighted by Gasteiger charge is 2.50. The molecule has 3 saturated heterocycles. The van der Waals surface area contributed by atoms with Gasteiger partial charge in [0.2, 0.25) is 0 Å². The van der Waals surface area contributed by atoms with Gasteiger partial charge >= 0.3 is 6.09 Å². The minimum atomic E-state index is -0.489. The zero-order valence-corrected chi connectivity index (χ0v) is 23.8. The molecule has 8 nitrogen and oxygen atoms in total. The summed E-state index contributed by atoms with van der Waals surface area (Å²) in [5, 5.41) is 12.4. The van der Waals surface area contributed by atoms with Crippen LogP contribution in [0.4, 0.5) is 4.79 Å². The van der Waals surface area contributed by atoms with Crippen LogP contribution in [0.25, 0.3) is 0 Å². The molecule has 1 saturated carbocycles. The first-order valence-corrected chi connectivity index (χ1v) is 15.1. The van der Waals surface area contributed by atoms with Crippen molar-refractivity contribution in [3.63, 3.8) is 0 Å². The maximum atomic E-state index is 13.3. The van der Waals surface area contributed by atoms with Crippen LogP contribution in [0.5, 0.6) is 0 Å². The number of hydrogen-bond donors (Lipinski definition) is 1. The molecular weight excluding hydrogens is 492 g/mol. The molecular formula is C31H46N4O4. The second-order valence-corrected chi connectivity index (χ2v) is 12.4. The summed E-state index contributed by atoms with van der Waals surface area (Å²) in [6.07, 6.45) is 11.8. The van der Waals surface area contributed by atoms with E-state index in [1.807, 2.05) is 41.8 Å². The van der Waals surface area contributed by atoms with Crippen molar-refractivity contribution in [2.75, 3.05) is 39.3 Å². The smallest absolute Gasteiger partial charge is 0.410 e. The van der Waals surface area contributed by atoms with Crippen LogP contribution < -0.4 is 0 Å². The summed E-state index contributed by atoms with van der Waals surface area (Å²) in [5.74, 6) is 0.859. The van der Waals surface area contributed by atoms with E-state index in [9.17, 15) is 9.59 Å². The van der Waals surface area contributed by atoms with E-state index in [0.29, 0.717) is 24.9 Å². The number of rotatable bonds is 6. The predicted molar refractivity (Wildman–Crippen MR) is 151 cm³/mol. The molecule has 1 spiro atoms. The van der Waals surface area contributed by atoms with Crippen LogP contribution in [0.15, 0.2) is 23.4 Å². The summed E-state index contributed by atoms with van der Waals surface area (Å²) in [6, 6.07) is 6.49. The zero-order chi connectivity index (χ0) is 27.4. The van der Waals surface area contributed by atoms with E-state index >= 15 is 0 Å². The van der Waals surface area contributed by atoms with Gasteiger partial charge in [0.25, 0.3) is 5.91 Å². The highest BCUT2D eigenvalue weighted by atomic mass is 16.6. The third-order valence-electron chi connectivity index (χ3n) is 10.0. The quantitative estimate of drug-likeness (QED) is 0.304. The molecule has 8 heteroatoms. The van der Waals surface area contributed by atoms with Gasteiger partial charge < -0.3 is 19.7 Å². The van der Waals surface area contributed by atoms with Gasteiger partial charge in [-0.3, -0.25) is 9.69 Å². The number of piperidine rings is 2. The molecule has 0 radical (unpaired) electrons. The molecule has 5 rings (SSSR count). The minimum absolute atomic E-state index is 0.133. The first kappa shape index (κ1) is 27.9. The minimum Gasteiger partial charge on any atom is -0.442 e. The molecule has 3 heterocycles. The lowest BCUT2D eigenvalue weighted by molar-refractivity contribution is -0.123. The number of carbonyl (C=O) groups is 2. The molecule has 1 unspecified atom stereocenters. The third-order valence-corrected chi connectivity index (χ3v) is 10.0. The number of amides is 2. The van der Waals surface area contributed by atoms with Gasteiger partial charge in [-0.1, -0.05) is 37.5 Å². The van der Waals surface area contributed by atoms with Crippen LogP contribution in [0, 0.1) is 25.7 Å². The van der Waals surface area contributed by atoms with E-state index in [4.69, 9.17) is 9.94 Å². The largest absolute Gasteiger partial charge is 0.442 e. The fourth-order valence-corrected chi connectivity index (χ4v) is 7.64. The molecule has 39 heavy (non-hydrogen) atoms. The van der Waals surface area contributed by atoms with E-state index in [1.165, 1.54) is 32.1 Å². The Balaban J connectivity index is 1.17. The summed E-state index contributed by atoms with van der Waals surface area (Å²) in [4.78, 5) is 32.9. The molecule has 0 bridgehead atoms. The number of aryl methyl sites for hydroxylation is 2. The van der Waals surface area contributed by atoms with Crippen molar-refractivity contribution in [1.82, 2.24) is 14.7 Å². The first-order chi connectivity index (χ1) is 18.9. The number of benzene rings is 1. The lowest BCUT2D eigenvalue weighted by Gasteiger charge is -2.52. The number of oxime groups is 1. The molecule has 1 atom stereocenters. The second kappa shape index (κ2) is 12.3. The Labute approximate surface area is 233 Å². The van der Waals surface area contributed by atoms with Gasteiger partial charge in [-0.15, -0.1) is 5.16 Å². The monoisotopic (exact) mass is 538 g/mol. The molecule has 214 valence electrons. The van der Waals surface area contributed by atoms with E-state index < -0.39 is 5.60 Å². The summed E-state index contributed by atoms with van der Waals surface area (Å²) in [6.45, 7) is 8.83. The molecule has 1 aliphatic carbocycles. The highest BCUT2D eigenvalue weighted by molar-refractivity contribution is 5.97. The first-order valence-electron chi connectivity index (χ1n) is 15.1. The van der Waals surface area contributed by atoms with Crippen molar-refractivity contribution in [1.29, 1.82) is 0 Å². The van der Waals surface area contributed by atoms with Crippen LogP contribution in [-0.4, -0.2) is 89.0 Å². The zero-order valence-electron chi connectivity index (χ0n) is 23.8. The molecule has 1 aromatic rings. The van der Waals surface area contributed by atoms with E-state index in [-0.39, 0.29) is 17.9 Å². The predicted octanol–water partition coefficient (Wildman–Crippen LogP) is 5.24. The Bertz CT molecular complexity index is 1020. The molecule has 4 aliphatic rings. The van der Waals surface area contributed by atoms with Crippen LogP contribution in [0.2, 0.25) is 0 Å². The summed E-state index contributed by atoms with van der Waals surface area (Å²) < 4.78 is 6.30. The average Bonchev–Trinajstić information content (AvgIpc) is 2.95. The van der Waals surface area contributed by atoms with Gasteiger partial charge in [-0.25, -0.2) is 4.79 Å². The average molecular weight is 539 g/mol. The maximum Gasteiger partial charge on any atom is 0.410 e. The van der Waals surface area contributed by atoms with Crippen molar-refractivity contribution in [2.24, 2.45) is 17.0 Å². The lowest BCUT2D eigenvalue weighted by Crippen LogP contribution is -2.61. The van der Waals surface area contributed by atoms with Gasteiger partial charge in [-0.05, 0) is 63.0 Å². The van der Waals surface area contributed by atoms with Crippen LogP contribution in [0.1, 0.15) is 85.7 Å². The number of ether oxygens (including phenoxy) is 1. The van der Waals surface area contributed by atoms with Crippen molar-refractivity contribution in [2.45, 2.75) is 89.7 Å². The number of likely N-dealkylation sites (tertiary alicyclic amines) is 2. The molecule has 3 aliphatic heterocycles. The SMILES string of the molecule is Cc1cccc(C)c1C(=O)N1CCC(N2CCC3(CC2)OC(=O)N(CC2CCCCC2)CC3CC=NO)CC1. The van der Waals surface area contributed by atoms with Gasteiger partial charge in [0.15, 0.2) is 0 Å². The maximum absolute atomic E-state index is 13.3. The van der Waals surface area contributed by atoms with E-state index in [0.717, 1.165) is 75.1 Å². The normalized spacial score (nSPS) is 25.4. The number of nitrogens with zero attached hydrogens (tertiary/aromatic N) is 4. The summed E-state index contributed by atoms with van der Waals surface area (Å²) >= 11 is 0. The van der Waals surface area contributed by atoms with Crippen LogP contribution in [0.3, 0.4) is 0 Å². The third kappa shape index (κ3) is 6.11. The fraction of sp³-hybridized carbons (Fsp3) is 0.710. The van der Waals surface area contributed by atoms with E-state index in [2.05, 4.69) is 10.1 Å². The molecule has 1 aromatic carbocycles. The van der Waals surface area contributed by atoms with E-state index in [1.54, 1.807) is 6.21 Å². The Morgan fingerprint density at radius 1 is 1.05 bits per heavy atom. The molecule has 1 N–H and O–H groups in total. The van der Waals surface area contributed by atoms with Crippen LogP contribution >= 0.6 is 0 Å². The molecule has 0 aromatic heterocycles. The Kier molecular flexibility index (Phi) is 8.79. The van der Waals surface area contributed by atoms with Gasteiger partial charge in [-0.2, -0.15) is 0 Å². The van der Waals surface area contributed by atoms with Gasteiger partial charge in [0, 0.05) is 75.8 Å².